The molecule has 7 heteroatoms. The third-order valence-electron chi connectivity index (χ3n) is 4.60. The molecule has 0 aliphatic carbocycles. The van der Waals surface area contributed by atoms with E-state index in [1.54, 1.807) is 18.2 Å². The van der Waals surface area contributed by atoms with Crippen LogP contribution in [0.1, 0.15) is 16.7 Å². The van der Waals surface area contributed by atoms with Gasteiger partial charge in [0.05, 0.1) is 12.7 Å². The molecule has 0 amide bonds. The van der Waals surface area contributed by atoms with Crippen LogP contribution in [0.3, 0.4) is 0 Å². The molecule has 1 N–H and O–H groups in total. The van der Waals surface area contributed by atoms with E-state index in [4.69, 9.17) is 9.26 Å². The van der Waals surface area contributed by atoms with Gasteiger partial charge in [0.1, 0.15) is 11.8 Å². The summed E-state index contributed by atoms with van der Waals surface area (Å²) < 4.78 is 10.6. The predicted molar refractivity (Wildman–Crippen MR) is 104 cm³/mol. The van der Waals surface area contributed by atoms with Crippen LogP contribution in [0, 0.1) is 11.3 Å². The van der Waals surface area contributed by atoms with Gasteiger partial charge in [-0.15, -0.1) is 12.4 Å². The van der Waals surface area contributed by atoms with Gasteiger partial charge in [-0.2, -0.15) is 10.2 Å². The van der Waals surface area contributed by atoms with Crippen LogP contribution >= 0.6 is 12.4 Å². The van der Waals surface area contributed by atoms with Gasteiger partial charge >= 0.3 is 0 Å². The minimum absolute atomic E-state index is 0. The summed E-state index contributed by atoms with van der Waals surface area (Å²) in [6, 6.07) is 13.7. The van der Waals surface area contributed by atoms with Crippen LogP contribution in [-0.4, -0.2) is 30.3 Å². The Balaban J connectivity index is 0.00000210. The summed E-state index contributed by atoms with van der Waals surface area (Å²) >= 11 is 0. The molecule has 0 bridgehead atoms. The van der Waals surface area contributed by atoms with Crippen LogP contribution in [0.15, 0.2) is 40.9 Å². The number of hydrogen-bond acceptors (Lipinski definition) is 6. The molecule has 6 nitrogen and oxygen atoms in total. The SMILES string of the molecule is COc1ccc(-c2nc(-c3ccc4c(c3)CCNCC4)no2)cc1C#N.Cl. The average molecular weight is 383 g/mol. The Hall–Kier alpha value is -2.88. The molecule has 0 unspecified atom stereocenters. The molecule has 1 aromatic heterocycles. The number of nitrogens with zero attached hydrogens (tertiary/aromatic N) is 3. The zero-order valence-electron chi connectivity index (χ0n) is 14.9. The smallest absolute Gasteiger partial charge is 0.258 e. The van der Waals surface area contributed by atoms with Crippen LogP contribution in [0.4, 0.5) is 0 Å². The average Bonchev–Trinajstić information content (AvgIpc) is 3.06. The Morgan fingerprint density at radius 1 is 1.07 bits per heavy atom. The first-order valence-corrected chi connectivity index (χ1v) is 8.53. The van der Waals surface area contributed by atoms with Crippen molar-refractivity contribution >= 4 is 12.4 Å². The molecular weight excluding hydrogens is 364 g/mol. The monoisotopic (exact) mass is 382 g/mol. The van der Waals surface area contributed by atoms with E-state index in [1.807, 2.05) is 6.07 Å². The van der Waals surface area contributed by atoms with E-state index in [1.165, 1.54) is 18.2 Å². The quantitative estimate of drug-likeness (QED) is 0.747. The Morgan fingerprint density at radius 2 is 1.85 bits per heavy atom. The van der Waals surface area contributed by atoms with Crippen LogP contribution < -0.4 is 10.1 Å². The second-order valence-corrected chi connectivity index (χ2v) is 6.18. The molecule has 1 aliphatic rings. The lowest BCUT2D eigenvalue weighted by molar-refractivity contribution is 0.413. The minimum Gasteiger partial charge on any atom is -0.495 e. The van der Waals surface area contributed by atoms with Crippen molar-refractivity contribution in [2.24, 2.45) is 0 Å². The predicted octanol–water partition coefficient (Wildman–Crippen LogP) is 3.39. The van der Waals surface area contributed by atoms with Crippen molar-refractivity contribution in [1.82, 2.24) is 15.5 Å². The molecule has 0 radical (unpaired) electrons. The second kappa shape index (κ2) is 8.21. The normalized spacial score (nSPS) is 13.0. The number of aromatic nitrogens is 2. The van der Waals surface area contributed by atoms with Gasteiger partial charge < -0.3 is 14.6 Å². The van der Waals surface area contributed by atoms with Gasteiger partial charge in [0.25, 0.3) is 5.89 Å². The largest absolute Gasteiger partial charge is 0.495 e. The fourth-order valence-electron chi connectivity index (χ4n) is 3.20. The fraction of sp³-hybridized carbons (Fsp3) is 0.250. The minimum atomic E-state index is 0. The van der Waals surface area contributed by atoms with Crippen LogP contribution in [0.25, 0.3) is 22.8 Å². The highest BCUT2D eigenvalue weighted by Gasteiger charge is 2.15. The molecule has 0 fully saturated rings. The molecule has 0 saturated heterocycles. The van der Waals surface area contributed by atoms with Crippen molar-refractivity contribution in [3.05, 3.63) is 53.1 Å². The van der Waals surface area contributed by atoms with Crippen molar-refractivity contribution in [2.75, 3.05) is 20.2 Å². The lowest BCUT2D eigenvalue weighted by Crippen LogP contribution is -2.16. The Kier molecular flexibility index (Phi) is 5.75. The maximum Gasteiger partial charge on any atom is 0.258 e. The molecule has 0 atom stereocenters. The highest BCUT2D eigenvalue weighted by atomic mass is 35.5. The standard InChI is InChI=1S/C20H18N4O2.ClH/c1-25-18-5-4-16(11-17(18)12-21)20-23-19(24-26-20)15-3-2-13-6-8-22-9-7-14(13)10-15;/h2-5,10-11,22H,6-9H2,1H3;1H. The van der Waals surface area contributed by atoms with E-state index in [-0.39, 0.29) is 12.4 Å². The molecule has 1 aliphatic heterocycles. The van der Waals surface area contributed by atoms with E-state index in [0.29, 0.717) is 28.6 Å². The first kappa shape index (κ1) is 18.9. The second-order valence-electron chi connectivity index (χ2n) is 6.18. The summed E-state index contributed by atoms with van der Waals surface area (Å²) in [7, 11) is 1.54. The van der Waals surface area contributed by atoms with E-state index in [0.717, 1.165) is 31.5 Å². The van der Waals surface area contributed by atoms with Gasteiger partial charge in [-0.3, -0.25) is 0 Å². The van der Waals surface area contributed by atoms with Crippen LogP contribution in [0.5, 0.6) is 5.75 Å². The molecule has 0 saturated carbocycles. The van der Waals surface area contributed by atoms with Gasteiger partial charge in [0, 0.05) is 11.1 Å². The summed E-state index contributed by atoms with van der Waals surface area (Å²) in [5.41, 5.74) is 4.77. The summed E-state index contributed by atoms with van der Waals surface area (Å²) in [4.78, 5) is 4.51. The lowest BCUT2D eigenvalue weighted by atomic mass is 10.00. The van der Waals surface area contributed by atoms with E-state index >= 15 is 0 Å². The van der Waals surface area contributed by atoms with E-state index in [9.17, 15) is 5.26 Å². The maximum atomic E-state index is 9.24. The van der Waals surface area contributed by atoms with Gasteiger partial charge in [0.2, 0.25) is 5.82 Å². The fourth-order valence-corrected chi connectivity index (χ4v) is 3.20. The summed E-state index contributed by atoms with van der Waals surface area (Å²) in [6.45, 7) is 1.99. The number of ether oxygens (including phenoxy) is 1. The number of nitriles is 1. The van der Waals surface area contributed by atoms with Crippen molar-refractivity contribution in [2.45, 2.75) is 12.8 Å². The highest BCUT2D eigenvalue weighted by molar-refractivity contribution is 5.85. The first-order chi connectivity index (χ1) is 12.8. The van der Waals surface area contributed by atoms with Gasteiger partial charge in [-0.25, -0.2) is 0 Å². The van der Waals surface area contributed by atoms with Crippen molar-refractivity contribution in [3.63, 3.8) is 0 Å². The Morgan fingerprint density at radius 3 is 2.63 bits per heavy atom. The first-order valence-electron chi connectivity index (χ1n) is 8.53. The third kappa shape index (κ3) is 3.80. The van der Waals surface area contributed by atoms with Gasteiger partial charge in [-0.05, 0) is 61.3 Å². The molecular formula is C20H19ClN4O2. The number of nitrogens with one attached hydrogen (secondary N) is 1. The van der Waals surface area contributed by atoms with Crippen LogP contribution in [-0.2, 0) is 12.8 Å². The lowest BCUT2D eigenvalue weighted by Gasteiger charge is -2.06. The Labute approximate surface area is 163 Å². The molecule has 2 aromatic carbocycles. The van der Waals surface area contributed by atoms with Crippen molar-refractivity contribution < 1.29 is 9.26 Å². The number of fused-ring (bicyclic) bond motifs is 1. The molecule has 2 heterocycles. The summed E-state index contributed by atoms with van der Waals surface area (Å²) in [5, 5.41) is 16.8. The topological polar surface area (TPSA) is 84.0 Å². The van der Waals surface area contributed by atoms with Gasteiger partial charge in [-0.1, -0.05) is 17.3 Å². The summed E-state index contributed by atoms with van der Waals surface area (Å²) in [6.07, 6.45) is 2.04. The molecule has 4 rings (SSSR count). The number of methoxy groups -OCH3 is 1. The zero-order valence-corrected chi connectivity index (χ0v) is 15.7. The zero-order chi connectivity index (χ0) is 17.9. The molecule has 0 spiro atoms. The molecule has 138 valence electrons. The number of halogens is 1. The van der Waals surface area contributed by atoms with E-state index < -0.39 is 0 Å². The maximum absolute atomic E-state index is 9.24. The number of benzene rings is 2. The number of rotatable bonds is 3. The van der Waals surface area contributed by atoms with Crippen LogP contribution in [0.2, 0.25) is 0 Å². The molecule has 27 heavy (non-hydrogen) atoms. The third-order valence-corrected chi connectivity index (χ3v) is 4.60. The van der Waals surface area contributed by atoms with Gasteiger partial charge in [0.15, 0.2) is 0 Å². The molecule has 3 aromatic rings. The van der Waals surface area contributed by atoms with E-state index in [2.05, 4.69) is 33.7 Å². The van der Waals surface area contributed by atoms with Crippen molar-refractivity contribution in [3.8, 4) is 34.7 Å². The number of hydrogen-bond donors (Lipinski definition) is 1. The highest BCUT2D eigenvalue weighted by Crippen LogP contribution is 2.28. The van der Waals surface area contributed by atoms with Crippen molar-refractivity contribution in [1.29, 1.82) is 5.26 Å². The summed E-state index contributed by atoms with van der Waals surface area (Å²) in [5.74, 6) is 1.46. The Bertz CT molecular complexity index is 994.